The molecule has 1 N–H and O–H groups in total. The van der Waals surface area contributed by atoms with Gasteiger partial charge in [0, 0.05) is 43.5 Å². The van der Waals surface area contributed by atoms with Gasteiger partial charge in [0.2, 0.25) is 0 Å². The predicted molar refractivity (Wildman–Crippen MR) is 83.1 cm³/mol. The van der Waals surface area contributed by atoms with Crippen molar-refractivity contribution in [1.29, 1.82) is 0 Å². The fourth-order valence-electron chi connectivity index (χ4n) is 3.73. The SMILES string of the molecule is CC(O)c1ccccc1N1CCN(C2CCCC2)CC1. The lowest BCUT2D eigenvalue weighted by Crippen LogP contribution is -2.50. The summed E-state index contributed by atoms with van der Waals surface area (Å²) < 4.78 is 0. The van der Waals surface area contributed by atoms with Gasteiger partial charge in [-0.15, -0.1) is 0 Å². The molecule has 3 rings (SSSR count). The van der Waals surface area contributed by atoms with E-state index in [9.17, 15) is 5.11 Å². The number of benzene rings is 1. The minimum absolute atomic E-state index is 0.390. The Morgan fingerprint density at radius 2 is 1.70 bits per heavy atom. The van der Waals surface area contributed by atoms with Crippen LogP contribution >= 0.6 is 0 Å². The molecule has 0 amide bonds. The van der Waals surface area contributed by atoms with Crippen LogP contribution in [0.1, 0.15) is 44.3 Å². The minimum Gasteiger partial charge on any atom is -0.389 e. The maximum Gasteiger partial charge on any atom is 0.0781 e. The summed E-state index contributed by atoms with van der Waals surface area (Å²) in [5, 5.41) is 9.92. The summed E-state index contributed by atoms with van der Waals surface area (Å²) in [6.45, 7) is 6.35. The van der Waals surface area contributed by atoms with Gasteiger partial charge in [-0.1, -0.05) is 31.0 Å². The predicted octanol–water partition coefficient (Wildman–Crippen LogP) is 2.80. The van der Waals surface area contributed by atoms with Crippen LogP contribution in [0.5, 0.6) is 0 Å². The molecule has 1 aromatic carbocycles. The van der Waals surface area contributed by atoms with E-state index in [1.165, 1.54) is 44.5 Å². The molecule has 3 heteroatoms. The Balaban J connectivity index is 1.66. The van der Waals surface area contributed by atoms with Crippen LogP contribution in [0, 0.1) is 0 Å². The molecule has 1 aliphatic heterocycles. The first-order chi connectivity index (χ1) is 9.75. The number of aliphatic hydroxyl groups is 1. The second kappa shape index (κ2) is 6.15. The zero-order chi connectivity index (χ0) is 13.9. The molecular weight excluding hydrogens is 248 g/mol. The number of rotatable bonds is 3. The molecule has 0 bridgehead atoms. The van der Waals surface area contributed by atoms with Gasteiger partial charge in [0.1, 0.15) is 0 Å². The smallest absolute Gasteiger partial charge is 0.0781 e. The van der Waals surface area contributed by atoms with Crippen molar-refractivity contribution in [3.05, 3.63) is 29.8 Å². The first-order valence-corrected chi connectivity index (χ1v) is 8.01. The number of piperazine rings is 1. The molecule has 3 nitrogen and oxygen atoms in total. The molecule has 1 saturated heterocycles. The summed E-state index contributed by atoms with van der Waals surface area (Å²) in [6.07, 6.45) is 5.22. The first kappa shape index (κ1) is 13.9. The monoisotopic (exact) mass is 274 g/mol. The molecule has 2 aliphatic rings. The van der Waals surface area contributed by atoms with Gasteiger partial charge in [0.25, 0.3) is 0 Å². The number of anilines is 1. The van der Waals surface area contributed by atoms with Crippen molar-refractivity contribution in [2.24, 2.45) is 0 Å². The van der Waals surface area contributed by atoms with E-state index in [0.717, 1.165) is 24.7 Å². The zero-order valence-electron chi connectivity index (χ0n) is 12.5. The molecule has 1 saturated carbocycles. The fraction of sp³-hybridized carbons (Fsp3) is 0.647. The summed E-state index contributed by atoms with van der Waals surface area (Å²) in [5.41, 5.74) is 2.27. The number of hydrogen-bond acceptors (Lipinski definition) is 3. The topological polar surface area (TPSA) is 26.7 Å². The molecule has 1 aliphatic carbocycles. The largest absolute Gasteiger partial charge is 0.389 e. The van der Waals surface area contributed by atoms with Crippen LogP contribution in [-0.4, -0.2) is 42.2 Å². The van der Waals surface area contributed by atoms with Crippen LogP contribution in [0.3, 0.4) is 0 Å². The van der Waals surface area contributed by atoms with Gasteiger partial charge in [0.05, 0.1) is 6.10 Å². The molecule has 0 spiro atoms. The van der Waals surface area contributed by atoms with Crippen molar-refractivity contribution in [3.8, 4) is 0 Å². The van der Waals surface area contributed by atoms with Crippen molar-refractivity contribution in [2.75, 3.05) is 31.1 Å². The molecule has 1 atom stereocenters. The van der Waals surface area contributed by atoms with Crippen molar-refractivity contribution in [3.63, 3.8) is 0 Å². The Hall–Kier alpha value is -1.06. The highest BCUT2D eigenvalue weighted by Gasteiger charge is 2.26. The normalized spacial score (nSPS) is 23.2. The number of nitrogens with zero attached hydrogens (tertiary/aromatic N) is 2. The molecule has 1 aromatic rings. The van der Waals surface area contributed by atoms with Crippen molar-refractivity contribution in [1.82, 2.24) is 4.90 Å². The van der Waals surface area contributed by atoms with Crippen LogP contribution in [-0.2, 0) is 0 Å². The van der Waals surface area contributed by atoms with Gasteiger partial charge < -0.3 is 10.0 Å². The highest BCUT2D eigenvalue weighted by Crippen LogP contribution is 2.29. The standard InChI is InChI=1S/C17H26N2O/c1-14(20)16-8-4-5-9-17(16)19-12-10-18(11-13-19)15-6-2-3-7-15/h4-5,8-9,14-15,20H,2-3,6-7,10-13H2,1H3. The Bertz CT molecular complexity index is 432. The molecule has 0 aromatic heterocycles. The average Bonchev–Trinajstić information content (AvgIpc) is 3.02. The Kier molecular flexibility index (Phi) is 4.27. The number of para-hydroxylation sites is 1. The molecule has 110 valence electrons. The Morgan fingerprint density at radius 3 is 2.35 bits per heavy atom. The molecule has 1 unspecified atom stereocenters. The van der Waals surface area contributed by atoms with E-state index >= 15 is 0 Å². The fourth-order valence-corrected chi connectivity index (χ4v) is 3.73. The van der Waals surface area contributed by atoms with Crippen molar-refractivity contribution in [2.45, 2.75) is 44.8 Å². The van der Waals surface area contributed by atoms with E-state index in [4.69, 9.17) is 0 Å². The van der Waals surface area contributed by atoms with E-state index in [1.54, 1.807) is 0 Å². The van der Waals surface area contributed by atoms with Crippen LogP contribution < -0.4 is 4.90 Å². The number of hydrogen-bond donors (Lipinski definition) is 1. The van der Waals surface area contributed by atoms with E-state index in [0.29, 0.717) is 0 Å². The quantitative estimate of drug-likeness (QED) is 0.918. The van der Waals surface area contributed by atoms with Crippen LogP contribution in [0.2, 0.25) is 0 Å². The average molecular weight is 274 g/mol. The third-order valence-electron chi connectivity index (χ3n) is 4.88. The van der Waals surface area contributed by atoms with E-state index in [1.807, 2.05) is 19.1 Å². The van der Waals surface area contributed by atoms with Crippen LogP contribution in [0.25, 0.3) is 0 Å². The number of aliphatic hydroxyl groups excluding tert-OH is 1. The van der Waals surface area contributed by atoms with Gasteiger partial charge in [-0.3, -0.25) is 4.90 Å². The van der Waals surface area contributed by atoms with Gasteiger partial charge in [0.15, 0.2) is 0 Å². The van der Waals surface area contributed by atoms with E-state index < -0.39 is 0 Å². The minimum atomic E-state index is -0.390. The van der Waals surface area contributed by atoms with Gasteiger partial charge in [-0.25, -0.2) is 0 Å². The van der Waals surface area contributed by atoms with Gasteiger partial charge in [-0.2, -0.15) is 0 Å². The third kappa shape index (κ3) is 2.84. The Labute approximate surface area is 122 Å². The molecule has 0 radical (unpaired) electrons. The van der Waals surface area contributed by atoms with Gasteiger partial charge in [-0.05, 0) is 25.8 Å². The summed E-state index contributed by atoms with van der Waals surface area (Å²) in [4.78, 5) is 5.11. The first-order valence-electron chi connectivity index (χ1n) is 8.01. The molecule has 1 heterocycles. The maximum absolute atomic E-state index is 9.92. The van der Waals surface area contributed by atoms with E-state index in [2.05, 4.69) is 21.9 Å². The van der Waals surface area contributed by atoms with Crippen LogP contribution in [0.15, 0.2) is 24.3 Å². The van der Waals surface area contributed by atoms with Crippen molar-refractivity contribution < 1.29 is 5.11 Å². The Morgan fingerprint density at radius 1 is 1.05 bits per heavy atom. The maximum atomic E-state index is 9.92. The van der Waals surface area contributed by atoms with Crippen molar-refractivity contribution >= 4 is 5.69 Å². The third-order valence-corrected chi connectivity index (χ3v) is 4.88. The van der Waals surface area contributed by atoms with Crippen LogP contribution in [0.4, 0.5) is 5.69 Å². The summed E-state index contributed by atoms with van der Waals surface area (Å²) in [5.74, 6) is 0. The van der Waals surface area contributed by atoms with Gasteiger partial charge >= 0.3 is 0 Å². The second-order valence-corrected chi connectivity index (χ2v) is 6.20. The zero-order valence-corrected chi connectivity index (χ0v) is 12.5. The van der Waals surface area contributed by atoms with E-state index in [-0.39, 0.29) is 6.10 Å². The summed E-state index contributed by atoms with van der Waals surface area (Å²) >= 11 is 0. The highest BCUT2D eigenvalue weighted by atomic mass is 16.3. The lowest BCUT2D eigenvalue weighted by Gasteiger charge is -2.40. The molecule has 20 heavy (non-hydrogen) atoms. The highest BCUT2D eigenvalue weighted by molar-refractivity contribution is 5.54. The lowest BCUT2D eigenvalue weighted by atomic mass is 10.1. The molecule has 2 fully saturated rings. The lowest BCUT2D eigenvalue weighted by molar-refractivity contribution is 0.185. The summed E-state index contributed by atoms with van der Waals surface area (Å²) in [6, 6.07) is 9.12. The second-order valence-electron chi connectivity index (χ2n) is 6.20. The summed E-state index contributed by atoms with van der Waals surface area (Å²) in [7, 11) is 0. The molecular formula is C17H26N2O.